The van der Waals surface area contributed by atoms with E-state index in [1.165, 1.54) is 18.1 Å². The van der Waals surface area contributed by atoms with Crippen LogP contribution in [0.5, 0.6) is 0 Å². The van der Waals surface area contributed by atoms with Gasteiger partial charge >= 0.3 is 5.97 Å². The topological polar surface area (TPSA) is 43.4 Å². The van der Waals surface area contributed by atoms with Gasteiger partial charge in [-0.1, -0.05) is 24.3 Å². The molecule has 3 nitrogen and oxygen atoms in total. The molecule has 2 aliphatic carbocycles. The average molecular weight is 288 g/mol. The number of ketones is 1. The lowest BCUT2D eigenvalue weighted by molar-refractivity contribution is -0.153. The van der Waals surface area contributed by atoms with Gasteiger partial charge in [-0.25, -0.2) is 0 Å². The van der Waals surface area contributed by atoms with Crippen molar-refractivity contribution in [3.05, 3.63) is 35.4 Å². The SMILES string of the molecule is CC(=O)O[C@@H]1CCCCc2ccc(cc2)CCCCC1=O. The number of carbonyl (C=O) groups is 2. The predicted molar refractivity (Wildman–Crippen MR) is 82.1 cm³/mol. The third-order valence-electron chi connectivity index (χ3n) is 4.01. The zero-order valence-corrected chi connectivity index (χ0v) is 12.8. The van der Waals surface area contributed by atoms with Crippen molar-refractivity contribution >= 4 is 11.8 Å². The normalized spacial score (nSPS) is 20.8. The lowest BCUT2D eigenvalue weighted by atomic mass is 9.97. The maximum absolute atomic E-state index is 12.2. The number of benzene rings is 1. The number of hydrogen-bond donors (Lipinski definition) is 0. The van der Waals surface area contributed by atoms with Gasteiger partial charge < -0.3 is 4.74 Å². The first kappa shape index (κ1) is 15.7. The van der Waals surface area contributed by atoms with Gasteiger partial charge in [0.25, 0.3) is 0 Å². The molecule has 0 saturated heterocycles. The van der Waals surface area contributed by atoms with Gasteiger partial charge in [0.05, 0.1) is 0 Å². The van der Waals surface area contributed by atoms with Gasteiger partial charge in [0.15, 0.2) is 11.9 Å². The Morgan fingerprint density at radius 2 is 1.48 bits per heavy atom. The minimum atomic E-state index is -0.536. The highest BCUT2D eigenvalue weighted by Crippen LogP contribution is 2.16. The van der Waals surface area contributed by atoms with E-state index in [2.05, 4.69) is 24.3 Å². The molecule has 0 aromatic heterocycles. The Morgan fingerprint density at radius 3 is 2.05 bits per heavy atom. The summed E-state index contributed by atoms with van der Waals surface area (Å²) in [4.78, 5) is 23.3. The minimum absolute atomic E-state index is 0.0798. The molecule has 3 rings (SSSR count). The van der Waals surface area contributed by atoms with E-state index in [9.17, 15) is 9.59 Å². The molecule has 0 spiro atoms. The molecule has 21 heavy (non-hydrogen) atoms. The summed E-state index contributed by atoms with van der Waals surface area (Å²) >= 11 is 0. The van der Waals surface area contributed by atoms with Crippen LogP contribution in [0.25, 0.3) is 0 Å². The third-order valence-corrected chi connectivity index (χ3v) is 4.01. The van der Waals surface area contributed by atoms with Gasteiger partial charge in [0, 0.05) is 13.3 Å². The molecular formula is C18H24O3. The van der Waals surface area contributed by atoms with E-state index in [0.717, 1.165) is 38.5 Å². The van der Waals surface area contributed by atoms with E-state index < -0.39 is 6.10 Å². The number of Topliss-reactive ketones (excluding diaryl/α,β-unsaturated/α-hetero) is 1. The first-order chi connectivity index (χ1) is 10.1. The Balaban J connectivity index is 2.00. The molecule has 2 bridgehead atoms. The molecule has 114 valence electrons. The smallest absolute Gasteiger partial charge is 0.303 e. The van der Waals surface area contributed by atoms with Crippen molar-refractivity contribution in [2.45, 2.75) is 64.4 Å². The molecule has 2 aliphatic rings. The lowest BCUT2D eigenvalue weighted by Gasteiger charge is -2.16. The van der Waals surface area contributed by atoms with Crippen LogP contribution < -0.4 is 0 Å². The summed E-state index contributed by atoms with van der Waals surface area (Å²) in [5, 5.41) is 0. The summed E-state index contributed by atoms with van der Waals surface area (Å²) in [7, 11) is 0. The van der Waals surface area contributed by atoms with E-state index >= 15 is 0 Å². The Bertz CT molecular complexity index is 476. The van der Waals surface area contributed by atoms with Crippen LogP contribution >= 0.6 is 0 Å². The molecular weight excluding hydrogens is 264 g/mol. The van der Waals surface area contributed by atoms with Gasteiger partial charge in [-0.05, 0) is 56.1 Å². The van der Waals surface area contributed by atoms with E-state index in [1.807, 2.05) is 0 Å². The van der Waals surface area contributed by atoms with E-state index in [1.54, 1.807) is 0 Å². The third kappa shape index (κ3) is 5.33. The first-order valence-electron chi connectivity index (χ1n) is 7.93. The van der Waals surface area contributed by atoms with Gasteiger partial charge in [-0.15, -0.1) is 0 Å². The maximum atomic E-state index is 12.2. The lowest BCUT2D eigenvalue weighted by Crippen LogP contribution is -2.26. The molecule has 1 atom stereocenters. The molecule has 0 aliphatic heterocycles. The molecule has 0 heterocycles. The Labute approximate surface area is 126 Å². The van der Waals surface area contributed by atoms with Gasteiger partial charge in [0.2, 0.25) is 0 Å². The number of aryl methyl sites for hydroxylation is 2. The van der Waals surface area contributed by atoms with Crippen molar-refractivity contribution in [1.82, 2.24) is 0 Å². The van der Waals surface area contributed by atoms with Gasteiger partial charge in [0.1, 0.15) is 0 Å². The Morgan fingerprint density at radius 1 is 0.952 bits per heavy atom. The molecule has 3 heteroatoms. The van der Waals surface area contributed by atoms with E-state index in [-0.39, 0.29) is 11.8 Å². The molecule has 1 aromatic rings. The number of carbonyl (C=O) groups excluding carboxylic acids is 2. The van der Waals surface area contributed by atoms with Crippen LogP contribution in [0.4, 0.5) is 0 Å². The second-order valence-corrected chi connectivity index (χ2v) is 5.83. The zero-order valence-electron chi connectivity index (χ0n) is 12.8. The van der Waals surface area contributed by atoms with Gasteiger partial charge in [-0.2, -0.15) is 0 Å². The quantitative estimate of drug-likeness (QED) is 0.741. The molecule has 0 N–H and O–H groups in total. The van der Waals surface area contributed by atoms with Crippen LogP contribution in [-0.2, 0) is 27.2 Å². The van der Waals surface area contributed by atoms with Crippen molar-refractivity contribution in [2.24, 2.45) is 0 Å². The van der Waals surface area contributed by atoms with Crippen LogP contribution in [-0.4, -0.2) is 17.9 Å². The van der Waals surface area contributed by atoms with Crippen molar-refractivity contribution in [3.8, 4) is 0 Å². The Kier molecular flexibility index (Phi) is 5.97. The first-order valence-corrected chi connectivity index (χ1v) is 7.93. The highest BCUT2D eigenvalue weighted by Gasteiger charge is 2.20. The van der Waals surface area contributed by atoms with Gasteiger partial charge in [-0.3, -0.25) is 9.59 Å². The number of fused-ring (bicyclic) bond motifs is 11. The summed E-state index contributed by atoms with van der Waals surface area (Å²) < 4.78 is 5.20. The summed E-state index contributed by atoms with van der Waals surface area (Å²) in [6.45, 7) is 1.37. The molecule has 0 radical (unpaired) electrons. The van der Waals surface area contributed by atoms with Crippen LogP contribution in [0.2, 0.25) is 0 Å². The molecule has 0 fully saturated rings. The number of rotatable bonds is 1. The fraction of sp³-hybridized carbons (Fsp3) is 0.556. The molecule has 0 saturated carbocycles. The van der Waals surface area contributed by atoms with Crippen LogP contribution in [0.15, 0.2) is 24.3 Å². The molecule has 1 aromatic carbocycles. The molecule has 0 amide bonds. The summed E-state index contributed by atoms with van der Waals surface area (Å²) in [5.74, 6) is -0.277. The highest BCUT2D eigenvalue weighted by molar-refractivity contribution is 5.85. The van der Waals surface area contributed by atoms with Crippen LogP contribution in [0.3, 0.4) is 0 Å². The van der Waals surface area contributed by atoms with Crippen molar-refractivity contribution < 1.29 is 14.3 Å². The average Bonchev–Trinajstić information content (AvgIpc) is 2.47. The largest absolute Gasteiger partial charge is 0.455 e. The monoisotopic (exact) mass is 288 g/mol. The summed E-state index contributed by atoms with van der Waals surface area (Å²) in [6, 6.07) is 8.81. The Hall–Kier alpha value is -1.64. The summed E-state index contributed by atoms with van der Waals surface area (Å²) in [6.07, 6.45) is 6.43. The second-order valence-electron chi connectivity index (χ2n) is 5.83. The number of hydrogen-bond acceptors (Lipinski definition) is 3. The zero-order chi connectivity index (χ0) is 15.1. The predicted octanol–water partition coefficient (Wildman–Crippen LogP) is 3.63. The van der Waals surface area contributed by atoms with Crippen molar-refractivity contribution in [3.63, 3.8) is 0 Å². The number of esters is 1. The fourth-order valence-corrected chi connectivity index (χ4v) is 2.81. The van der Waals surface area contributed by atoms with E-state index in [4.69, 9.17) is 4.74 Å². The van der Waals surface area contributed by atoms with Crippen molar-refractivity contribution in [2.75, 3.05) is 0 Å². The number of ether oxygens (including phenoxy) is 1. The second kappa shape index (κ2) is 7.96. The van der Waals surface area contributed by atoms with Crippen molar-refractivity contribution in [1.29, 1.82) is 0 Å². The van der Waals surface area contributed by atoms with E-state index in [0.29, 0.717) is 12.8 Å². The standard InChI is InChI=1S/C18H24O3/c1-14(19)21-18-9-5-3-7-16-12-10-15(11-13-16)6-2-4-8-17(18)20/h10-13,18H,2-9H2,1H3/t18-/m1/s1. The highest BCUT2D eigenvalue weighted by atomic mass is 16.5. The molecule has 0 unspecified atom stereocenters. The summed E-state index contributed by atoms with van der Waals surface area (Å²) in [5.41, 5.74) is 2.67. The van der Waals surface area contributed by atoms with Crippen LogP contribution in [0.1, 0.15) is 56.6 Å². The maximum Gasteiger partial charge on any atom is 0.303 e. The fourth-order valence-electron chi connectivity index (χ4n) is 2.81. The van der Waals surface area contributed by atoms with Crippen LogP contribution in [0, 0.1) is 0 Å². The minimum Gasteiger partial charge on any atom is -0.455 e.